The first-order chi connectivity index (χ1) is 15.8. The van der Waals surface area contributed by atoms with Gasteiger partial charge >= 0.3 is 0 Å². The molecule has 2 heterocycles. The molecule has 8 heteroatoms. The number of para-hydroxylation sites is 1. The zero-order chi connectivity index (χ0) is 23.7. The second-order valence-electron chi connectivity index (χ2n) is 8.17. The predicted octanol–water partition coefficient (Wildman–Crippen LogP) is 4.15. The molecule has 3 aromatic rings. The molecule has 0 bridgehead atoms. The summed E-state index contributed by atoms with van der Waals surface area (Å²) in [6, 6.07) is 13.4. The van der Waals surface area contributed by atoms with E-state index >= 15 is 0 Å². The Morgan fingerprint density at radius 2 is 1.52 bits per heavy atom. The number of ketones is 1. The molecule has 0 aliphatic carbocycles. The van der Waals surface area contributed by atoms with Gasteiger partial charge in [-0.25, -0.2) is 13.2 Å². The summed E-state index contributed by atoms with van der Waals surface area (Å²) >= 11 is 0. The number of aromatic nitrogens is 1. The van der Waals surface area contributed by atoms with Crippen molar-refractivity contribution in [1.82, 2.24) is 14.4 Å². The molecular weight excluding hydrogens is 431 g/mol. The Morgan fingerprint density at radius 3 is 2.18 bits per heavy atom. The molecule has 172 valence electrons. The molecule has 0 unspecified atom stereocenters. The molecule has 0 saturated carbocycles. The minimum absolute atomic E-state index is 0.0169. The highest BCUT2D eigenvalue weighted by Gasteiger charge is 2.28. The van der Waals surface area contributed by atoms with Crippen molar-refractivity contribution >= 4 is 11.7 Å². The number of benzene rings is 2. The van der Waals surface area contributed by atoms with Crippen LogP contribution in [0.2, 0.25) is 0 Å². The van der Waals surface area contributed by atoms with Crippen LogP contribution in [0.1, 0.15) is 32.1 Å². The summed E-state index contributed by atoms with van der Waals surface area (Å²) in [5.41, 5.74) is 2.98. The van der Waals surface area contributed by atoms with Gasteiger partial charge in [0.1, 0.15) is 0 Å². The highest BCUT2D eigenvalue weighted by atomic mass is 19.2. The van der Waals surface area contributed by atoms with Gasteiger partial charge in [-0.15, -0.1) is 0 Å². The number of rotatable bonds is 5. The van der Waals surface area contributed by atoms with E-state index in [-0.39, 0.29) is 25.4 Å². The molecule has 1 amide bonds. The van der Waals surface area contributed by atoms with Crippen LogP contribution in [0.5, 0.6) is 0 Å². The van der Waals surface area contributed by atoms with Gasteiger partial charge < -0.3 is 9.47 Å². The van der Waals surface area contributed by atoms with Gasteiger partial charge in [0.25, 0.3) is 5.91 Å². The monoisotopic (exact) mass is 455 g/mol. The summed E-state index contributed by atoms with van der Waals surface area (Å²) in [5, 5.41) is 0. The Kier molecular flexibility index (Phi) is 6.37. The van der Waals surface area contributed by atoms with Crippen LogP contribution >= 0.6 is 0 Å². The summed E-state index contributed by atoms with van der Waals surface area (Å²) < 4.78 is 42.7. The van der Waals surface area contributed by atoms with Crippen LogP contribution in [0, 0.1) is 31.3 Å². The summed E-state index contributed by atoms with van der Waals surface area (Å²) in [6.07, 6.45) is 0. The van der Waals surface area contributed by atoms with Crippen LogP contribution in [0.4, 0.5) is 13.2 Å². The smallest absolute Gasteiger partial charge is 0.257 e. The number of piperazine rings is 1. The molecule has 0 radical (unpaired) electrons. The topological polar surface area (TPSA) is 45.6 Å². The van der Waals surface area contributed by atoms with Crippen LogP contribution in [0.3, 0.4) is 0 Å². The van der Waals surface area contributed by atoms with Crippen molar-refractivity contribution in [1.29, 1.82) is 0 Å². The molecule has 5 nitrogen and oxygen atoms in total. The first kappa shape index (κ1) is 22.8. The standard InChI is InChI=1S/C25H24F3N3O2/c1-16-14-20(17(2)31(16)18-6-4-3-5-7-18)22(32)15-29-10-12-30(13-11-29)25(33)19-8-9-21(26)24(28)23(19)27/h3-9,14H,10-13,15H2,1-2H3. The number of aryl methyl sites for hydroxylation is 1. The van der Waals surface area contributed by atoms with Gasteiger partial charge in [0.2, 0.25) is 0 Å². The molecule has 1 aliphatic heterocycles. The zero-order valence-corrected chi connectivity index (χ0v) is 18.4. The lowest BCUT2D eigenvalue weighted by Crippen LogP contribution is -2.50. The first-order valence-corrected chi connectivity index (χ1v) is 10.7. The molecule has 4 rings (SSSR count). The molecule has 0 spiro atoms. The fraction of sp³-hybridized carbons (Fsp3) is 0.280. The summed E-state index contributed by atoms with van der Waals surface area (Å²) in [4.78, 5) is 28.9. The minimum Gasteiger partial charge on any atom is -0.336 e. The van der Waals surface area contributed by atoms with Crippen LogP contribution < -0.4 is 0 Å². The molecule has 1 saturated heterocycles. The number of amides is 1. The van der Waals surface area contributed by atoms with Gasteiger partial charge in [0.15, 0.2) is 23.2 Å². The number of halogens is 3. The number of Topliss-reactive ketones (excluding diaryl/α,β-unsaturated/α-hetero) is 1. The quantitative estimate of drug-likeness (QED) is 0.429. The maximum atomic E-state index is 14.0. The molecule has 0 N–H and O–H groups in total. The number of hydrogen-bond acceptors (Lipinski definition) is 3. The molecule has 1 aliphatic rings. The van der Waals surface area contributed by atoms with Crippen LogP contribution in [-0.2, 0) is 0 Å². The highest BCUT2D eigenvalue weighted by molar-refractivity contribution is 5.99. The fourth-order valence-corrected chi connectivity index (χ4v) is 4.28. The number of carbonyl (C=O) groups is 2. The van der Waals surface area contributed by atoms with Gasteiger partial charge in [-0.3, -0.25) is 14.5 Å². The zero-order valence-electron chi connectivity index (χ0n) is 18.4. The van der Waals surface area contributed by atoms with E-state index < -0.39 is 28.9 Å². The molecule has 1 aromatic heterocycles. The van der Waals surface area contributed by atoms with E-state index in [9.17, 15) is 22.8 Å². The molecule has 33 heavy (non-hydrogen) atoms. The van der Waals surface area contributed by atoms with E-state index in [1.54, 1.807) is 0 Å². The van der Waals surface area contributed by atoms with Gasteiger partial charge in [0.05, 0.1) is 12.1 Å². The number of hydrogen-bond donors (Lipinski definition) is 0. The van der Waals surface area contributed by atoms with Gasteiger partial charge in [-0.1, -0.05) is 18.2 Å². The predicted molar refractivity (Wildman–Crippen MR) is 118 cm³/mol. The second-order valence-corrected chi connectivity index (χ2v) is 8.17. The lowest BCUT2D eigenvalue weighted by atomic mass is 10.1. The van der Waals surface area contributed by atoms with E-state index in [2.05, 4.69) is 0 Å². The van der Waals surface area contributed by atoms with Crippen molar-refractivity contribution in [2.45, 2.75) is 13.8 Å². The third-order valence-electron chi connectivity index (χ3n) is 6.04. The largest absolute Gasteiger partial charge is 0.336 e. The van der Waals surface area contributed by atoms with Crippen molar-refractivity contribution in [3.05, 3.63) is 88.5 Å². The summed E-state index contributed by atoms with van der Waals surface area (Å²) in [5.74, 6) is -5.18. The fourth-order valence-electron chi connectivity index (χ4n) is 4.28. The van der Waals surface area contributed by atoms with Gasteiger partial charge in [-0.05, 0) is 44.2 Å². The first-order valence-electron chi connectivity index (χ1n) is 10.7. The lowest BCUT2D eigenvalue weighted by Gasteiger charge is -2.34. The Bertz CT molecular complexity index is 1200. The summed E-state index contributed by atoms with van der Waals surface area (Å²) in [6.45, 7) is 5.42. The third-order valence-corrected chi connectivity index (χ3v) is 6.04. The molecule has 1 fully saturated rings. The Hall–Kier alpha value is -3.39. The van der Waals surface area contributed by atoms with Crippen LogP contribution in [-0.4, -0.2) is 58.8 Å². The van der Waals surface area contributed by atoms with Gasteiger partial charge in [0, 0.05) is 48.8 Å². The van der Waals surface area contributed by atoms with E-state index in [1.165, 1.54) is 4.90 Å². The average Bonchev–Trinajstić information content (AvgIpc) is 3.12. The Morgan fingerprint density at radius 1 is 0.848 bits per heavy atom. The van der Waals surface area contributed by atoms with Crippen molar-refractivity contribution in [2.24, 2.45) is 0 Å². The van der Waals surface area contributed by atoms with Crippen molar-refractivity contribution in [2.75, 3.05) is 32.7 Å². The van der Waals surface area contributed by atoms with Crippen molar-refractivity contribution < 1.29 is 22.8 Å². The maximum absolute atomic E-state index is 14.0. The van der Waals surface area contributed by atoms with E-state index in [0.29, 0.717) is 18.7 Å². The van der Waals surface area contributed by atoms with Crippen LogP contribution in [0.15, 0.2) is 48.5 Å². The van der Waals surface area contributed by atoms with Crippen LogP contribution in [0.25, 0.3) is 5.69 Å². The van der Waals surface area contributed by atoms with E-state index in [1.807, 2.05) is 59.7 Å². The van der Waals surface area contributed by atoms with Crippen molar-refractivity contribution in [3.8, 4) is 5.69 Å². The molecular formula is C25H24F3N3O2. The second kappa shape index (κ2) is 9.23. The SMILES string of the molecule is Cc1cc(C(=O)CN2CCN(C(=O)c3ccc(F)c(F)c3F)CC2)c(C)n1-c1ccccc1. The summed E-state index contributed by atoms with van der Waals surface area (Å²) in [7, 11) is 0. The van der Waals surface area contributed by atoms with Gasteiger partial charge in [-0.2, -0.15) is 0 Å². The Balaban J connectivity index is 1.40. The van der Waals surface area contributed by atoms with E-state index in [4.69, 9.17) is 0 Å². The number of nitrogens with zero attached hydrogens (tertiary/aromatic N) is 3. The Labute approximate surface area is 190 Å². The average molecular weight is 455 g/mol. The molecule has 2 aromatic carbocycles. The number of carbonyl (C=O) groups excluding carboxylic acids is 2. The highest BCUT2D eigenvalue weighted by Crippen LogP contribution is 2.22. The normalized spacial score (nSPS) is 14.5. The van der Waals surface area contributed by atoms with E-state index in [0.717, 1.165) is 29.2 Å². The minimum atomic E-state index is -1.65. The maximum Gasteiger partial charge on any atom is 0.257 e. The lowest BCUT2D eigenvalue weighted by molar-refractivity contribution is 0.0619. The third kappa shape index (κ3) is 4.43. The molecule has 0 atom stereocenters. The van der Waals surface area contributed by atoms with Crippen molar-refractivity contribution in [3.63, 3.8) is 0 Å².